The lowest BCUT2D eigenvalue weighted by Gasteiger charge is -2.07. The molecule has 0 heterocycles. The Kier molecular flexibility index (Phi) is 8.12. The largest absolute Gasteiger partial charge is 0.462 e. The number of carbonyl (C=O) groups excluding carboxylic acids is 1. The number of hydrogen-bond acceptors (Lipinski definition) is 3. The lowest BCUT2D eigenvalue weighted by atomic mass is 10.1. The predicted octanol–water partition coefficient (Wildman–Crippen LogP) is 4.83. The molecule has 2 N–H and O–H groups in total. The number of nitrogen functional groups attached to an aromatic ring is 1. The Morgan fingerprint density at radius 1 is 1.15 bits per heavy atom. The molecule has 1 aromatic carbocycles. The third kappa shape index (κ3) is 6.29. The number of rotatable bonds is 9. The van der Waals surface area contributed by atoms with E-state index < -0.39 is 0 Å². The summed E-state index contributed by atoms with van der Waals surface area (Å²) in [4.78, 5) is 11.8. The maximum absolute atomic E-state index is 11.8. The van der Waals surface area contributed by atoms with Crippen LogP contribution < -0.4 is 5.73 Å². The molecule has 0 spiro atoms. The Labute approximate surface area is 126 Å². The zero-order valence-corrected chi connectivity index (χ0v) is 12.9. The number of anilines is 1. The van der Waals surface area contributed by atoms with Gasteiger partial charge in [-0.3, -0.25) is 0 Å². The van der Waals surface area contributed by atoms with Crippen LogP contribution in [-0.4, -0.2) is 12.6 Å². The molecule has 0 unspecified atom stereocenters. The van der Waals surface area contributed by atoms with Gasteiger partial charge in [0.2, 0.25) is 0 Å². The first-order chi connectivity index (χ1) is 9.65. The summed E-state index contributed by atoms with van der Waals surface area (Å²) < 4.78 is 5.21. The minimum Gasteiger partial charge on any atom is -0.462 e. The zero-order valence-electron chi connectivity index (χ0n) is 12.2. The van der Waals surface area contributed by atoms with Crippen molar-refractivity contribution in [2.45, 2.75) is 51.9 Å². The molecule has 0 aromatic heterocycles. The Balaban J connectivity index is 2.17. The van der Waals surface area contributed by atoms with Gasteiger partial charge in [-0.15, -0.1) is 0 Å². The van der Waals surface area contributed by atoms with E-state index in [1.807, 2.05) is 0 Å². The molecule has 0 amide bonds. The molecule has 4 heteroatoms. The van der Waals surface area contributed by atoms with Crippen LogP contribution in [0.25, 0.3) is 0 Å². The van der Waals surface area contributed by atoms with Crippen molar-refractivity contribution in [2.75, 3.05) is 12.3 Å². The Bertz CT molecular complexity index is 421. The van der Waals surface area contributed by atoms with Crippen LogP contribution in [0.3, 0.4) is 0 Å². The second kappa shape index (κ2) is 9.65. The summed E-state index contributed by atoms with van der Waals surface area (Å²) in [5.41, 5.74) is 6.48. The standard InChI is InChI=1S/C16H24ClNO2/c1-2-3-4-5-6-7-8-11-20-16(19)14-10-9-13(17)12-15(14)18/h9-10,12H,2-8,11,18H2,1H3. The van der Waals surface area contributed by atoms with Crippen molar-refractivity contribution in [3.8, 4) is 0 Å². The summed E-state index contributed by atoms with van der Waals surface area (Å²) in [6.45, 7) is 2.66. The molecule has 1 rings (SSSR count). The first-order valence-corrected chi connectivity index (χ1v) is 7.75. The molecule has 0 aliphatic rings. The smallest absolute Gasteiger partial charge is 0.340 e. The van der Waals surface area contributed by atoms with Crippen LogP contribution >= 0.6 is 11.6 Å². The molecule has 0 fully saturated rings. The number of halogens is 1. The van der Waals surface area contributed by atoms with Crippen molar-refractivity contribution in [1.29, 1.82) is 0 Å². The molecule has 0 saturated heterocycles. The lowest BCUT2D eigenvalue weighted by Crippen LogP contribution is -2.09. The fraction of sp³-hybridized carbons (Fsp3) is 0.562. The van der Waals surface area contributed by atoms with Gasteiger partial charge in [0.1, 0.15) is 0 Å². The van der Waals surface area contributed by atoms with Gasteiger partial charge < -0.3 is 10.5 Å². The van der Waals surface area contributed by atoms with Crippen LogP contribution in [-0.2, 0) is 4.74 Å². The van der Waals surface area contributed by atoms with Gasteiger partial charge in [-0.05, 0) is 24.6 Å². The topological polar surface area (TPSA) is 52.3 Å². The average molecular weight is 298 g/mol. The minimum atomic E-state index is -0.370. The highest BCUT2D eigenvalue weighted by Gasteiger charge is 2.10. The van der Waals surface area contributed by atoms with E-state index in [0.717, 1.165) is 12.8 Å². The van der Waals surface area contributed by atoms with Crippen LogP contribution in [0.2, 0.25) is 5.02 Å². The summed E-state index contributed by atoms with van der Waals surface area (Å²) in [6.07, 6.45) is 8.37. The molecule has 0 saturated carbocycles. The molecule has 112 valence electrons. The van der Waals surface area contributed by atoms with Crippen LogP contribution in [0.4, 0.5) is 5.69 Å². The van der Waals surface area contributed by atoms with Gasteiger partial charge in [-0.25, -0.2) is 4.79 Å². The van der Waals surface area contributed by atoms with Gasteiger partial charge in [-0.2, -0.15) is 0 Å². The lowest BCUT2D eigenvalue weighted by molar-refractivity contribution is 0.0499. The Morgan fingerprint density at radius 2 is 1.80 bits per heavy atom. The molecular formula is C16H24ClNO2. The van der Waals surface area contributed by atoms with Gasteiger partial charge in [0, 0.05) is 10.7 Å². The van der Waals surface area contributed by atoms with Gasteiger partial charge in [0.05, 0.1) is 12.2 Å². The van der Waals surface area contributed by atoms with Crippen LogP contribution in [0, 0.1) is 0 Å². The second-order valence-electron chi connectivity index (χ2n) is 4.99. The van der Waals surface area contributed by atoms with E-state index in [0.29, 0.717) is 22.9 Å². The van der Waals surface area contributed by atoms with E-state index in [1.54, 1.807) is 18.2 Å². The van der Waals surface area contributed by atoms with Gasteiger partial charge >= 0.3 is 5.97 Å². The minimum absolute atomic E-state index is 0.363. The van der Waals surface area contributed by atoms with Crippen LogP contribution in [0.15, 0.2) is 18.2 Å². The number of unbranched alkanes of at least 4 members (excludes halogenated alkanes) is 6. The van der Waals surface area contributed by atoms with E-state index in [4.69, 9.17) is 22.1 Å². The monoisotopic (exact) mass is 297 g/mol. The van der Waals surface area contributed by atoms with E-state index in [1.165, 1.54) is 32.1 Å². The maximum Gasteiger partial charge on any atom is 0.340 e. The second-order valence-corrected chi connectivity index (χ2v) is 5.43. The molecule has 0 bridgehead atoms. The summed E-state index contributed by atoms with van der Waals surface area (Å²) >= 11 is 5.79. The van der Waals surface area contributed by atoms with Crippen molar-refractivity contribution in [3.63, 3.8) is 0 Å². The van der Waals surface area contributed by atoms with Crippen molar-refractivity contribution in [3.05, 3.63) is 28.8 Å². The highest BCUT2D eigenvalue weighted by Crippen LogP contribution is 2.19. The predicted molar refractivity (Wildman–Crippen MR) is 84.1 cm³/mol. The number of nitrogens with two attached hydrogens (primary N) is 1. The first kappa shape index (κ1) is 16.8. The maximum atomic E-state index is 11.8. The van der Waals surface area contributed by atoms with Gasteiger partial charge in [-0.1, -0.05) is 57.0 Å². The summed E-state index contributed by atoms with van der Waals surface area (Å²) in [6, 6.07) is 4.80. The number of benzene rings is 1. The van der Waals surface area contributed by atoms with E-state index in [9.17, 15) is 4.79 Å². The summed E-state index contributed by atoms with van der Waals surface area (Å²) in [7, 11) is 0. The fourth-order valence-corrected chi connectivity index (χ4v) is 2.20. The molecular weight excluding hydrogens is 274 g/mol. The molecule has 20 heavy (non-hydrogen) atoms. The third-order valence-electron chi connectivity index (χ3n) is 3.21. The fourth-order valence-electron chi connectivity index (χ4n) is 2.02. The van der Waals surface area contributed by atoms with E-state index >= 15 is 0 Å². The zero-order chi connectivity index (χ0) is 14.8. The summed E-state index contributed by atoms with van der Waals surface area (Å²) in [5, 5.41) is 0.520. The van der Waals surface area contributed by atoms with Crippen molar-refractivity contribution in [1.82, 2.24) is 0 Å². The number of ether oxygens (including phenoxy) is 1. The van der Waals surface area contributed by atoms with Gasteiger partial charge in [0.25, 0.3) is 0 Å². The molecule has 0 aliphatic carbocycles. The number of carbonyl (C=O) groups is 1. The molecule has 0 aliphatic heterocycles. The molecule has 0 atom stereocenters. The third-order valence-corrected chi connectivity index (χ3v) is 3.45. The highest BCUT2D eigenvalue weighted by atomic mass is 35.5. The summed E-state index contributed by atoms with van der Waals surface area (Å²) in [5.74, 6) is -0.370. The number of esters is 1. The first-order valence-electron chi connectivity index (χ1n) is 7.37. The van der Waals surface area contributed by atoms with E-state index in [2.05, 4.69) is 6.92 Å². The van der Waals surface area contributed by atoms with Crippen molar-refractivity contribution < 1.29 is 9.53 Å². The quantitative estimate of drug-likeness (QED) is 0.403. The van der Waals surface area contributed by atoms with Crippen molar-refractivity contribution in [2.24, 2.45) is 0 Å². The Morgan fingerprint density at radius 3 is 2.45 bits per heavy atom. The normalized spacial score (nSPS) is 10.5. The van der Waals surface area contributed by atoms with Crippen LogP contribution in [0.1, 0.15) is 62.2 Å². The highest BCUT2D eigenvalue weighted by molar-refractivity contribution is 6.31. The van der Waals surface area contributed by atoms with Gasteiger partial charge in [0.15, 0.2) is 0 Å². The molecule has 0 radical (unpaired) electrons. The van der Waals surface area contributed by atoms with E-state index in [-0.39, 0.29) is 5.97 Å². The van der Waals surface area contributed by atoms with Crippen molar-refractivity contribution >= 4 is 23.3 Å². The number of hydrogen-bond donors (Lipinski definition) is 1. The molecule has 3 nitrogen and oxygen atoms in total. The Hall–Kier alpha value is -1.22. The molecule has 1 aromatic rings. The van der Waals surface area contributed by atoms with Crippen LogP contribution in [0.5, 0.6) is 0 Å². The average Bonchev–Trinajstić information content (AvgIpc) is 2.41. The SMILES string of the molecule is CCCCCCCCCOC(=O)c1ccc(Cl)cc1N.